The first-order chi connectivity index (χ1) is 7.27. The van der Waals surface area contributed by atoms with E-state index < -0.39 is 0 Å². The van der Waals surface area contributed by atoms with Crippen molar-refractivity contribution in [2.24, 2.45) is 0 Å². The number of hydrogen-bond acceptors (Lipinski definition) is 1. The summed E-state index contributed by atoms with van der Waals surface area (Å²) >= 11 is 0. The Morgan fingerprint density at radius 2 is 2.00 bits per heavy atom. The molecule has 1 atom stereocenters. The third-order valence-corrected chi connectivity index (χ3v) is 3.66. The minimum atomic E-state index is 0.435. The van der Waals surface area contributed by atoms with Crippen LogP contribution in [0.3, 0.4) is 0 Å². The normalized spacial score (nSPS) is 27.1. The molecule has 0 amide bonds. The molecular weight excluding hydrogens is 182 g/mol. The van der Waals surface area contributed by atoms with Gasteiger partial charge in [0, 0.05) is 12.0 Å². The molecule has 0 radical (unpaired) electrons. The fourth-order valence-electron chi connectivity index (χ4n) is 2.93. The van der Waals surface area contributed by atoms with Crippen LogP contribution in [0.5, 0.6) is 0 Å². The zero-order chi connectivity index (χ0) is 10.7. The van der Waals surface area contributed by atoms with Crippen molar-refractivity contribution in [2.75, 3.05) is 20.1 Å². The molecule has 15 heavy (non-hydrogen) atoms. The number of nitrogens with zero attached hydrogens (tertiary/aromatic N) is 1. The van der Waals surface area contributed by atoms with Gasteiger partial charge in [0.15, 0.2) is 0 Å². The number of benzene rings is 1. The SMILES string of the molecule is CCC[C@]1(c2ccccc2)CCN(C)C1. The summed E-state index contributed by atoms with van der Waals surface area (Å²) in [6, 6.07) is 11.1. The van der Waals surface area contributed by atoms with Gasteiger partial charge in [0.05, 0.1) is 0 Å². The van der Waals surface area contributed by atoms with Gasteiger partial charge in [-0.3, -0.25) is 0 Å². The molecule has 1 nitrogen and oxygen atoms in total. The summed E-state index contributed by atoms with van der Waals surface area (Å²) in [5.41, 5.74) is 1.97. The van der Waals surface area contributed by atoms with E-state index >= 15 is 0 Å². The average molecular weight is 203 g/mol. The Morgan fingerprint density at radius 1 is 1.27 bits per heavy atom. The minimum Gasteiger partial charge on any atom is -0.305 e. The van der Waals surface area contributed by atoms with Crippen LogP contribution >= 0.6 is 0 Å². The molecular formula is C14H21N. The number of likely N-dealkylation sites (N-methyl/N-ethyl adjacent to an activating group) is 1. The number of likely N-dealkylation sites (tertiary alicyclic amines) is 1. The zero-order valence-corrected chi connectivity index (χ0v) is 9.87. The van der Waals surface area contributed by atoms with E-state index in [-0.39, 0.29) is 0 Å². The molecule has 1 aromatic carbocycles. The highest BCUT2D eigenvalue weighted by atomic mass is 15.1. The molecule has 1 aliphatic heterocycles. The summed E-state index contributed by atoms with van der Waals surface area (Å²) < 4.78 is 0. The van der Waals surface area contributed by atoms with Crippen molar-refractivity contribution >= 4 is 0 Å². The Kier molecular flexibility index (Phi) is 3.11. The van der Waals surface area contributed by atoms with Gasteiger partial charge in [-0.15, -0.1) is 0 Å². The summed E-state index contributed by atoms with van der Waals surface area (Å²) in [4.78, 5) is 2.46. The standard InChI is InChI=1S/C14H21N/c1-3-9-14(10-11-15(2)12-14)13-7-5-4-6-8-13/h4-8H,3,9-12H2,1-2H3/t14-/m0/s1. The van der Waals surface area contributed by atoms with Gasteiger partial charge in [-0.2, -0.15) is 0 Å². The van der Waals surface area contributed by atoms with Gasteiger partial charge >= 0.3 is 0 Å². The smallest absolute Gasteiger partial charge is 0.00922 e. The third kappa shape index (κ3) is 2.07. The molecule has 0 unspecified atom stereocenters. The van der Waals surface area contributed by atoms with E-state index in [1.54, 1.807) is 0 Å². The van der Waals surface area contributed by atoms with Gasteiger partial charge in [-0.05, 0) is 32.0 Å². The van der Waals surface area contributed by atoms with E-state index in [0.29, 0.717) is 5.41 Å². The van der Waals surface area contributed by atoms with Gasteiger partial charge in [0.1, 0.15) is 0 Å². The molecule has 1 fully saturated rings. The van der Waals surface area contributed by atoms with Crippen molar-refractivity contribution in [3.8, 4) is 0 Å². The summed E-state index contributed by atoms with van der Waals surface area (Å²) in [7, 11) is 2.24. The molecule has 0 saturated carbocycles. The van der Waals surface area contributed by atoms with Gasteiger partial charge in [0.2, 0.25) is 0 Å². The maximum absolute atomic E-state index is 2.46. The third-order valence-electron chi connectivity index (χ3n) is 3.66. The van der Waals surface area contributed by atoms with Crippen molar-refractivity contribution in [3.05, 3.63) is 35.9 Å². The first-order valence-electron chi connectivity index (χ1n) is 6.01. The molecule has 82 valence electrons. The second-order valence-electron chi connectivity index (χ2n) is 4.88. The Balaban J connectivity index is 2.27. The molecule has 0 aliphatic carbocycles. The second kappa shape index (κ2) is 4.36. The van der Waals surface area contributed by atoms with E-state index in [1.807, 2.05) is 0 Å². The number of hydrogen-bond donors (Lipinski definition) is 0. The van der Waals surface area contributed by atoms with Crippen LogP contribution in [-0.2, 0) is 5.41 Å². The van der Waals surface area contributed by atoms with E-state index in [4.69, 9.17) is 0 Å². The summed E-state index contributed by atoms with van der Waals surface area (Å²) in [6.07, 6.45) is 3.92. The van der Waals surface area contributed by atoms with Gasteiger partial charge in [0.25, 0.3) is 0 Å². The lowest BCUT2D eigenvalue weighted by molar-refractivity contribution is 0.351. The predicted octanol–water partition coefficient (Wildman–Crippen LogP) is 3.06. The van der Waals surface area contributed by atoms with Crippen LogP contribution in [0.15, 0.2) is 30.3 Å². The topological polar surface area (TPSA) is 3.24 Å². The van der Waals surface area contributed by atoms with Crippen molar-refractivity contribution < 1.29 is 0 Å². The Hall–Kier alpha value is -0.820. The second-order valence-corrected chi connectivity index (χ2v) is 4.88. The lowest BCUT2D eigenvalue weighted by Crippen LogP contribution is -2.29. The van der Waals surface area contributed by atoms with Crippen molar-refractivity contribution in [1.82, 2.24) is 4.90 Å². The van der Waals surface area contributed by atoms with Crippen LogP contribution in [-0.4, -0.2) is 25.0 Å². The largest absolute Gasteiger partial charge is 0.305 e. The summed E-state index contributed by atoms with van der Waals surface area (Å²) in [6.45, 7) is 4.77. The van der Waals surface area contributed by atoms with E-state index in [1.165, 1.54) is 37.9 Å². The molecule has 0 N–H and O–H groups in total. The Morgan fingerprint density at radius 3 is 2.53 bits per heavy atom. The van der Waals surface area contributed by atoms with E-state index in [0.717, 1.165) is 0 Å². The van der Waals surface area contributed by atoms with Gasteiger partial charge < -0.3 is 4.90 Å². The highest BCUT2D eigenvalue weighted by Crippen LogP contribution is 2.37. The summed E-state index contributed by atoms with van der Waals surface area (Å²) in [5, 5.41) is 0. The van der Waals surface area contributed by atoms with Crippen LogP contribution in [0, 0.1) is 0 Å². The van der Waals surface area contributed by atoms with Crippen LogP contribution in [0.2, 0.25) is 0 Å². The lowest BCUT2D eigenvalue weighted by atomic mass is 9.76. The lowest BCUT2D eigenvalue weighted by Gasteiger charge is -2.29. The predicted molar refractivity (Wildman–Crippen MR) is 65.1 cm³/mol. The zero-order valence-electron chi connectivity index (χ0n) is 9.87. The Labute approximate surface area is 93.1 Å². The molecule has 0 bridgehead atoms. The van der Waals surface area contributed by atoms with Crippen molar-refractivity contribution in [3.63, 3.8) is 0 Å². The molecule has 1 saturated heterocycles. The van der Waals surface area contributed by atoms with E-state index in [9.17, 15) is 0 Å². The van der Waals surface area contributed by atoms with Crippen molar-refractivity contribution in [2.45, 2.75) is 31.6 Å². The average Bonchev–Trinajstić information content (AvgIpc) is 2.63. The highest BCUT2D eigenvalue weighted by Gasteiger charge is 2.36. The fourth-order valence-corrected chi connectivity index (χ4v) is 2.93. The fraction of sp³-hybridized carbons (Fsp3) is 0.571. The summed E-state index contributed by atoms with van der Waals surface area (Å²) in [5.74, 6) is 0. The minimum absolute atomic E-state index is 0.435. The monoisotopic (exact) mass is 203 g/mol. The van der Waals surface area contributed by atoms with Crippen LogP contribution < -0.4 is 0 Å². The maximum Gasteiger partial charge on any atom is 0.00922 e. The number of rotatable bonds is 3. The Bertz CT molecular complexity index is 302. The van der Waals surface area contributed by atoms with Crippen LogP contribution in [0.4, 0.5) is 0 Å². The molecule has 1 aliphatic rings. The first-order valence-corrected chi connectivity index (χ1v) is 6.01. The molecule has 2 rings (SSSR count). The molecule has 1 heteroatoms. The van der Waals surface area contributed by atoms with Crippen LogP contribution in [0.1, 0.15) is 31.7 Å². The van der Waals surface area contributed by atoms with Crippen LogP contribution in [0.25, 0.3) is 0 Å². The first kappa shape index (κ1) is 10.7. The van der Waals surface area contributed by atoms with Gasteiger partial charge in [-0.25, -0.2) is 0 Å². The molecule has 0 spiro atoms. The highest BCUT2D eigenvalue weighted by molar-refractivity contribution is 5.27. The quantitative estimate of drug-likeness (QED) is 0.730. The van der Waals surface area contributed by atoms with E-state index in [2.05, 4.69) is 49.2 Å². The van der Waals surface area contributed by atoms with Gasteiger partial charge in [-0.1, -0.05) is 43.7 Å². The molecule has 0 aromatic heterocycles. The van der Waals surface area contributed by atoms with Crippen molar-refractivity contribution in [1.29, 1.82) is 0 Å². The molecule has 1 heterocycles. The maximum atomic E-state index is 2.46. The molecule has 1 aromatic rings.